The second-order valence-corrected chi connectivity index (χ2v) is 7.23. The zero-order valence-corrected chi connectivity index (χ0v) is 16.2. The fourth-order valence-corrected chi connectivity index (χ4v) is 3.34. The normalized spacial score (nSPS) is 14.0. The van der Waals surface area contributed by atoms with Crippen molar-refractivity contribution in [1.82, 2.24) is 5.43 Å². The predicted molar refractivity (Wildman–Crippen MR) is 114 cm³/mol. The van der Waals surface area contributed by atoms with Gasteiger partial charge in [0, 0.05) is 14.7 Å². The zero-order chi connectivity index (χ0) is 18.8. The van der Waals surface area contributed by atoms with E-state index in [9.17, 15) is 9.59 Å². The van der Waals surface area contributed by atoms with Gasteiger partial charge in [0.25, 0.3) is 11.8 Å². The van der Waals surface area contributed by atoms with Crippen molar-refractivity contribution >= 4 is 45.8 Å². The molecule has 0 saturated heterocycles. The van der Waals surface area contributed by atoms with Crippen molar-refractivity contribution in [3.63, 3.8) is 0 Å². The first-order valence-corrected chi connectivity index (χ1v) is 9.34. The number of benzene rings is 3. The van der Waals surface area contributed by atoms with Crippen molar-refractivity contribution in [1.29, 1.82) is 0 Å². The third-order valence-electron chi connectivity index (χ3n) is 4.22. The Kier molecular flexibility index (Phi) is 4.72. The van der Waals surface area contributed by atoms with Gasteiger partial charge in [-0.3, -0.25) is 9.59 Å². The molecule has 2 N–H and O–H groups in total. The SMILES string of the molecule is O=C1Nc2ccc(I)cc2/C1=N\NC(=O)c1ccc(-c2ccccc2)cc1. The van der Waals surface area contributed by atoms with Gasteiger partial charge in [-0.05, 0) is 64.0 Å². The number of halogens is 1. The molecule has 0 aromatic heterocycles. The number of amides is 2. The van der Waals surface area contributed by atoms with Gasteiger partial charge in [-0.25, -0.2) is 5.43 Å². The van der Waals surface area contributed by atoms with Crippen molar-refractivity contribution in [3.05, 3.63) is 87.5 Å². The lowest BCUT2D eigenvalue weighted by Gasteiger charge is -2.04. The van der Waals surface area contributed by atoms with Crippen LogP contribution in [0, 0.1) is 3.57 Å². The fraction of sp³-hybridized carbons (Fsp3) is 0. The molecular formula is C21H14IN3O2. The van der Waals surface area contributed by atoms with Gasteiger partial charge in [-0.15, -0.1) is 0 Å². The van der Waals surface area contributed by atoms with Gasteiger partial charge in [-0.2, -0.15) is 5.10 Å². The quantitative estimate of drug-likeness (QED) is 0.451. The zero-order valence-electron chi connectivity index (χ0n) is 14.1. The summed E-state index contributed by atoms with van der Waals surface area (Å²) >= 11 is 2.17. The average molecular weight is 467 g/mol. The lowest BCUT2D eigenvalue weighted by atomic mass is 10.0. The maximum atomic E-state index is 12.4. The first-order chi connectivity index (χ1) is 13.1. The molecule has 1 heterocycles. The highest BCUT2D eigenvalue weighted by Crippen LogP contribution is 2.25. The minimum absolute atomic E-state index is 0.206. The Balaban J connectivity index is 1.53. The van der Waals surface area contributed by atoms with E-state index in [4.69, 9.17) is 0 Å². The highest BCUT2D eigenvalue weighted by atomic mass is 127. The molecule has 4 rings (SSSR count). The van der Waals surface area contributed by atoms with E-state index in [-0.39, 0.29) is 17.5 Å². The molecule has 132 valence electrons. The van der Waals surface area contributed by atoms with Crippen molar-refractivity contribution in [3.8, 4) is 11.1 Å². The van der Waals surface area contributed by atoms with Crippen molar-refractivity contribution < 1.29 is 9.59 Å². The number of nitrogens with one attached hydrogen (secondary N) is 2. The Hall–Kier alpha value is -3.00. The lowest BCUT2D eigenvalue weighted by Crippen LogP contribution is -2.23. The van der Waals surface area contributed by atoms with Gasteiger partial charge in [0.1, 0.15) is 0 Å². The summed E-state index contributed by atoms with van der Waals surface area (Å²) in [5.74, 6) is -0.694. The largest absolute Gasteiger partial charge is 0.320 e. The van der Waals surface area contributed by atoms with E-state index in [2.05, 4.69) is 38.4 Å². The molecule has 0 spiro atoms. The fourth-order valence-electron chi connectivity index (χ4n) is 2.85. The van der Waals surface area contributed by atoms with Crippen molar-refractivity contribution in [2.24, 2.45) is 5.10 Å². The van der Waals surface area contributed by atoms with Gasteiger partial charge in [-0.1, -0.05) is 42.5 Å². The molecule has 5 nitrogen and oxygen atoms in total. The number of nitrogens with zero attached hydrogens (tertiary/aromatic N) is 1. The summed E-state index contributed by atoms with van der Waals surface area (Å²) in [4.78, 5) is 24.5. The van der Waals surface area contributed by atoms with Crippen LogP contribution in [0.15, 0.2) is 77.9 Å². The van der Waals surface area contributed by atoms with E-state index >= 15 is 0 Å². The van der Waals surface area contributed by atoms with Gasteiger partial charge in [0.15, 0.2) is 5.71 Å². The summed E-state index contributed by atoms with van der Waals surface area (Å²) in [6, 6.07) is 22.8. The summed E-state index contributed by atoms with van der Waals surface area (Å²) in [6.45, 7) is 0. The summed E-state index contributed by atoms with van der Waals surface area (Å²) in [6.07, 6.45) is 0. The van der Waals surface area contributed by atoms with Crippen LogP contribution < -0.4 is 10.7 Å². The van der Waals surface area contributed by atoms with Crippen LogP contribution in [0.5, 0.6) is 0 Å². The van der Waals surface area contributed by atoms with Crippen LogP contribution in [0.4, 0.5) is 5.69 Å². The Morgan fingerprint density at radius 3 is 2.37 bits per heavy atom. The molecule has 3 aromatic carbocycles. The average Bonchev–Trinajstić information content (AvgIpc) is 3.01. The van der Waals surface area contributed by atoms with Crippen molar-refractivity contribution in [2.45, 2.75) is 0 Å². The molecule has 0 fully saturated rings. The van der Waals surface area contributed by atoms with Gasteiger partial charge < -0.3 is 5.32 Å². The van der Waals surface area contributed by atoms with Gasteiger partial charge in [0.2, 0.25) is 0 Å². The highest BCUT2D eigenvalue weighted by molar-refractivity contribution is 14.1. The Morgan fingerprint density at radius 2 is 1.63 bits per heavy atom. The minimum atomic E-state index is -0.367. The molecule has 27 heavy (non-hydrogen) atoms. The molecule has 6 heteroatoms. The number of hydrogen-bond acceptors (Lipinski definition) is 3. The van der Waals surface area contributed by atoms with Crippen LogP contribution in [-0.2, 0) is 4.79 Å². The molecule has 3 aromatic rings. The molecule has 0 saturated carbocycles. The first kappa shape index (κ1) is 17.4. The number of hydrazone groups is 1. The predicted octanol–water partition coefficient (Wildman–Crippen LogP) is 4.04. The van der Waals surface area contributed by atoms with E-state index in [0.717, 1.165) is 14.7 Å². The monoisotopic (exact) mass is 467 g/mol. The number of fused-ring (bicyclic) bond motifs is 1. The number of carbonyl (C=O) groups is 2. The lowest BCUT2D eigenvalue weighted by molar-refractivity contribution is -0.110. The Morgan fingerprint density at radius 1 is 0.926 bits per heavy atom. The number of anilines is 1. The number of carbonyl (C=O) groups excluding carboxylic acids is 2. The molecule has 1 aliphatic heterocycles. The summed E-state index contributed by atoms with van der Waals surface area (Å²) in [5, 5.41) is 6.78. The van der Waals surface area contributed by atoms with E-state index in [1.54, 1.807) is 12.1 Å². The summed E-state index contributed by atoms with van der Waals surface area (Å²) in [5.41, 5.74) is 6.64. The van der Waals surface area contributed by atoms with E-state index < -0.39 is 0 Å². The van der Waals surface area contributed by atoms with Crippen LogP contribution in [-0.4, -0.2) is 17.5 Å². The minimum Gasteiger partial charge on any atom is -0.320 e. The topological polar surface area (TPSA) is 70.6 Å². The number of hydrogen-bond donors (Lipinski definition) is 2. The summed E-state index contributed by atoms with van der Waals surface area (Å²) in [7, 11) is 0. The molecule has 0 bridgehead atoms. The Bertz CT molecular complexity index is 1060. The van der Waals surface area contributed by atoms with Gasteiger partial charge >= 0.3 is 0 Å². The molecular weight excluding hydrogens is 453 g/mol. The first-order valence-electron chi connectivity index (χ1n) is 8.26. The molecule has 1 aliphatic rings. The van der Waals surface area contributed by atoms with Crippen LogP contribution >= 0.6 is 22.6 Å². The van der Waals surface area contributed by atoms with Crippen LogP contribution in [0.3, 0.4) is 0 Å². The van der Waals surface area contributed by atoms with Gasteiger partial charge in [0.05, 0.1) is 5.69 Å². The van der Waals surface area contributed by atoms with Crippen LogP contribution in [0.2, 0.25) is 0 Å². The molecule has 2 amide bonds. The molecule has 0 radical (unpaired) electrons. The maximum absolute atomic E-state index is 12.4. The third kappa shape index (κ3) is 3.61. The summed E-state index contributed by atoms with van der Waals surface area (Å²) < 4.78 is 0.985. The smallest absolute Gasteiger partial charge is 0.276 e. The second kappa shape index (κ2) is 7.32. The number of rotatable bonds is 3. The molecule has 0 aliphatic carbocycles. The Labute approximate surface area is 169 Å². The molecule has 0 atom stereocenters. The second-order valence-electron chi connectivity index (χ2n) is 5.99. The maximum Gasteiger partial charge on any atom is 0.276 e. The van der Waals surface area contributed by atoms with Crippen molar-refractivity contribution in [2.75, 3.05) is 5.32 Å². The van der Waals surface area contributed by atoms with Crippen LogP contribution in [0.25, 0.3) is 11.1 Å². The van der Waals surface area contributed by atoms with E-state index in [0.29, 0.717) is 16.8 Å². The van der Waals surface area contributed by atoms with Crippen LogP contribution in [0.1, 0.15) is 15.9 Å². The molecule has 0 unspecified atom stereocenters. The third-order valence-corrected chi connectivity index (χ3v) is 4.89. The highest BCUT2D eigenvalue weighted by Gasteiger charge is 2.26. The standard InChI is InChI=1S/C21H14IN3O2/c22-16-10-11-18-17(12-16)19(21(27)23-18)24-25-20(26)15-8-6-14(7-9-15)13-4-2-1-3-5-13/h1-12H,(H,25,26)(H,23,24,27). The van der Waals surface area contributed by atoms with E-state index in [1.165, 1.54) is 0 Å². The van der Waals surface area contributed by atoms with E-state index in [1.807, 2.05) is 60.7 Å².